The van der Waals surface area contributed by atoms with E-state index in [0.717, 1.165) is 42.7 Å². The van der Waals surface area contributed by atoms with Crippen molar-refractivity contribution < 1.29 is 9.21 Å². The van der Waals surface area contributed by atoms with E-state index in [9.17, 15) is 14.9 Å². The molecule has 9 heteroatoms. The summed E-state index contributed by atoms with van der Waals surface area (Å²) in [5.74, 6) is 0.440. The van der Waals surface area contributed by atoms with Gasteiger partial charge in [-0.3, -0.25) is 19.1 Å². The summed E-state index contributed by atoms with van der Waals surface area (Å²) in [7, 11) is 0. The van der Waals surface area contributed by atoms with Gasteiger partial charge in [0.25, 0.3) is 11.6 Å². The fraction of sp³-hybridized carbons (Fsp3) is 0.241. The van der Waals surface area contributed by atoms with Crippen LogP contribution in [-0.2, 0) is 4.79 Å². The van der Waals surface area contributed by atoms with Crippen LogP contribution in [0, 0.1) is 25.2 Å². The van der Waals surface area contributed by atoms with Crippen LogP contribution in [0.1, 0.15) is 29.5 Å². The third-order valence-corrected chi connectivity index (χ3v) is 6.57. The standard InChI is InChI=1S/C29H28N6O3/c1-19-9-12-35(28(37)13-19)25-14-21(6-7-22(25)16-30)26-17-31-29(38-26)33-24-15-23(8-5-20(24)2)32-27(36)18-34-10-3-4-11-34/h5-9,12-15,17H,3-4,10-11,18H2,1-2H3,(H,31,33)(H,32,36). The molecule has 4 aromatic rings. The molecule has 2 aromatic carbocycles. The number of aryl methyl sites for hydroxylation is 2. The van der Waals surface area contributed by atoms with E-state index in [2.05, 4.69) is 26.6 Å². The number of rotatable bonds is 7. The molecule has 1 aliphatic rings. The molecule has 2 N–H and O–H groups in total. The molecule has 3 heterocycles. The van der Waals surface area contributed by atoms with E-state index in [1.807, 2.05) is 38.1 Å². The number of nitrogens with zero attached hydrogens (tertiary/aromatic N) is 4. The van der Waals surface area contributed by atoms with E-state index in [1.54, 1.807) is 30.6 Å². The highest BCUT2D eigenvalue weighted by atomic mass is 16.4. The Morgan fingerprint density at radius 2 is 1.92 bits per heavy atom. The number of anilines is 3. The smallest absolute Gasteiger partial charge is 0.299 e. The van der Waals surface area contributed by atoms with Gasteiger partial charge in [-0.1, -0.05) is 6.07 Å². The normalized spacial score (nSPS) is 13.3. The van der Waals surface area contributed by atoms with Gasteiger partial charge in [0.1, 0.15) is 6.07 Å². The second kappa shape index (κ2) is 10.7. The Labute approximate surface area is 220 Å². The van der Waals surface area contributed by atoms with Crippen molar-refractivity contribution in [3.63, 3.8) is 0 Å². The molecular weight excluding hydrogens is 480 g/mol. The molecule has 38 heavy (non-hydrogen) atoms. The number of amides is 1. The molecule has 192 valence electrons. The second-order valence-electron chi connectivity index (χ2n) is 9.47. The Hall–Kier alpha value is -4.68. The summed E-state index contributed by atoms with van der Waals surface area (Å²) in [5.41, 5.74) is 4.54. The van der Waals surface area contributed by atoms with Crippen LogP contribution in [0.4, 0.5) is 17.4 Å². The number of hydrogen-bond acceptors (Lipinski definition) is 7. The largest absolute Gasteiger partial charge is 0.423 e. The summed E-state index contributed by atoms with van der Waals surface area (Å²) >= 11 is 0. The van der Waals surface area contributed by atoms with E-state index in [1.165, 1.54) is 10.6 Å². The van der Waals surface area contributed by atoms with E-state index in [4.69, 9.17) is 4.42 Å². The maximum absolute atomic E-state index is 12.6. The zero-order valence-corrected chi connectivity index (χ0v) is 21.3. The molecular formula is C29H28N6O3. The Morgan fingerprint density at radius 3 is 2.68 bits per heavy atom. The first kappa shape index (κ1) is 25.0. The monoisotopic (exact) mass is 508 g/mol. The second-order valence-corrected chi connectivity index (χ2v) is 9.47. The molecule has 1 aliphatic heterocycles. The van der Waals surface area contributed by atoms with Gasteiger partial charge in [0.2, 0.25) is 5.91 Å². The molecule has 0 atom stereocenters. The summed E-state index contributed by atoms with van der Waals surface area (Å²) in [4.78, 5) is 31.5. The Kier molecular flexibility index (Phi) is 7.07. The van der Waals surface area contributed by atoms with Crippen LogP contribution in [0.3, 0.4) is 0 Å². The van der Waals surface area contributed by atoms with Gasteiger partial charge in [-0.25, -0.2) is 4.98 Å². The van der Waals surface area contributed by atoms with Gasteiger partial charge in [0, 0.05) is 29.2 Å². The number of hydrogen-bond donors (Lipinski definition) is 2. The number of nitrogens with one attached hydrogen (secondary N) is 2. The molecule has 0 aliphatic carbocycles. The first-order valence-electron chi connectivity index (χ1n) is 12.5. The summed E-state index contributed by atoms with van der Waals surface area (Å²) in [6.07, 6.45) is 5.52. The highest BCUT2D eigenvalue weighted by Gasteiger charge is 2.16. The number of pyridine rings is 1. The predicted molar refractivity (Wildman–Crippen MR) is 146 cm³/mol. The molecule has 2 aromatic heterocycles. The van der Waals surface area contributed by atoms with Crippen LogP contribution >= 0.6 is 0 Å². The lowest BCUT2D eigenvalue weighted by molar-refractivity contribution is -0.117. The molecule has 1 saturated heterocycles. The van der Waals surface area contributed by atoms with Crippen molar-refractivity contribution in [1.29, 1.82) is 5.26 Å². The fourth-order valence-electron chi connectivity index (χ4n) is 4.52. The number of carbonyl (C=O) groups is 1. The van der Waals surface area contributed by atoms with Crippen LogP contribution in [-0.4, -0.2) is 40.0 Å². The molecule has 9 nitrogen and oxygen atoms in total. The van der Waals surface area contributed by atoms with Crippen LogP contribution < -0.4 is 16.2 Å². The van der Waals surface area contributed by atoms with Crippen molar-refractivity contribution in [3.8, 4) is 23.1 Å². The Bertz CT molecular complexity index is 1590. The van der Waals surface area contributed by atoms with Crippen LogP contribution in [0.25, 0.3) is 17.0 Å². The van der Waals surface area contributed by atoms with Crippen molar-refractivity contribution in [2.24, 2.45) is 0 Å². The molecule has 1 amide bonds. The third-order valence-electron chi connectivity index (χ3n) is 6.57. The fourth-order valence-corrected chi connectivity index (χ4v) is 4.52. The molecule has 0 unspecified atom stereocenters. The topological polar surface area (TPSA) is 116 Å². The summed E-state index contributed by atoms with van der Waals surface area (Å²) < 4.78 is 7.41. The zero-order valence-electron chi connectivity index (χ0n) is 21.3. The summed E-state index contributed by atoms with van der Waals surface area (Å²) in [6, 6.07) is 16.6. The van der Waals surface area contributed by atoms with E-state index < -0.39 is 0 Å². The summed E-state index contributed by atoms with van der Waals surface area (Å²) in [6.45, 7) is 6.11. The Morgan fingerprint density at radius 1 is 1.11 bits per heavy atom. The lowest BCUT2D eigenvalue weighted by atomic mass is 10.1. The van der Waals surface area contributed by atoms with Crippen LogP contribution in [0.5, 0.6) is 0 Å². The number of aromatic nitrogens is 2. The molecule has 1 fully saturated rings. The van der Waals surface area contributed by atoms with E-state index >= 15 is 0 Å². The van der Waals surface area contributed by atoms with E-state index in [0.29, 0.717) is 34.8 Å². The van der Waals surface area contributed by atoms with Crippen molar-refractivity contribution in [2.75, 3.05) is 30.3 Å². The minimum atomic E-state index is -0.221. The maximum Gasteiger partial charge on any atom is 0.299 e. The van der Waals surface area contributed by atoms with Gasteiger partial charge in [-0.15, -0.1) is 0 Å². The van der Waals surface area contributed by atoms with Gasteiger partial charge >= 0.3 is 0 Å². The van der Waals surface area contributed by atoms with Gasteiger partial charge in [-0.2, -0.15) is 5.26 Å². The van der Waals surface area contributed by atoms with Gasteiger partial charge in [-0.05, 0) is 87.3 Å². The average Bonchev–Trinajstić information content (AvgIpc) is 3.58. The number of likely N-dealkylation sites (tertiary alicyclic amines) is 1. The summed E-state index contributed by atoms with van der Waals surface area (Å²) in [5, 5.41) is 15.7. The number of oxazole rings is 1. The first-order valence-corrected chi connectivity index (χ1v) is 12.5. The highest BCUT2D eigenvalue weighted by molar-refractivity contribution is 5.93. The number of nitriles is 1. The van der Waals surface area contributed by atoms with Gasteiger partial charge in [0.15, 0.2) is 5.76 Å². The van der Waals surface area contributed by atoms with E-state index in [-0.39, 0.29) is 17.5 Å². The van der Waals surface area contributed by atoms with Crippen molar-refractivity contribution in [2.45, 2.75) is 26.7 Å². The maximum atomic E-state index is 12.6. The first-order chi connectivity index (χ1) is 18.4. The van der Waals surface area contributed by atoms with Crippen molar-refractivity contribution >= 4 is 23.3 Å². The molecule has 0 spiro atoms. The van der Waals surface area contributed by atoms with Crippen LogP contribution in [0.15, 0.2) is 70.1 Å². The Balaban J connectivity index is 1.35. The minimum absolute atomic E-state index is 0.0376. The SMILES string of the molecule is Cc1ccn(-c2cc(-c3cnc(Nc4cc(NC(=O)CN5CCCC5)ccc4C)o3)ccc2C#N)c(=O)c1. The average molecular weight is 509 g/mol. The van der Waals surface area contributed by atoms with Gasteiger partial charge < -0.3 is 15.1 Å². The minimum Gasteiger partial charge on any atom is -0.423 e. The molecule has 0 bridgehead atoms. The third kappa shape index (κ3) is 5.51. The molecule has 5 rings (SSSR count). The molecule has 0 saturated carbocycles. The quantitative estimate of drug-likeness (QED) is 0.370. The lowest BCUT2D eigenvalue weighted by Crippen LogP contribution is -2.30. The lowest BCUT2D eigenvalue weighted by Gasteiger charge is -2.15. The van der Waals surface area contributed by atoms with Crippen LogP contribution in [0.2, 0.25) is 0 Å². The molecule has 0 radical (unpaired) electrons. The van der Waals surface area contributed by atoms with Crippen molar-refractivity contribution in [3.05, 3.63) is 88.0 Å². The number of benzene rings is 2. The number of carbonyl (C=O) groups excluding carboxylic acids is 1. The highest BCUT2D eigenvalue weighted by Crippen LogP contribution is 2.29. The van der Waals surface area contributed by atoms with Gasteiger partial charge in [0.05, 0.1) is 24.0 Å². The predicted octanol–water partition coefficient (Wildman–Crippen LogP) is 4.76. The zero-order chi connectivity index (χ0) is 26.6. The van der Waals surface area contributed by atoms with Crippen molar-refractivity contribution in [1.82, 2.24) is 14.5 Å².